The summed E-state index contributed by atoms with van der Waals surface area (Å²) in [6, 6.07) is 5.09. The van der Waals surface area contributed by atoms with E-state index in [9.17, 15) is 4.79 Å². The van der Waals surface area contributed by atoms with E-state index in [-0.39, 0.29) is 6.61 Å². The molecule has 0 heterocycles. The topological polar surface area (TPSA) is 58.6 Å². The van der Waals surface area contributed by atoms with Crippen molar-refractivity contribution in [1.29, 1.82) is 0 Å². The van der Waals surface area contributed by atoms with Gasteiger partial charge in [0.05, 0.1) is 6.61 Å². The lowest BCUT2D eigenvalue weighted by molar-refractivity contribution is 0.0636. The highest BCUT2D eigenvalue weighted by Gasteiger charge is 2.16. The van der Waals surface area contributed by atoms with Crippen molar-refractivity contribution in [2.75, 3.05) is 11.9 Å². The van der Waals surface area contributed by atoms with Crippen LogP contribution in [0.25, 0.3) is 6.08 Å². The van der Waals surface area contributed by atoms with E-state index >= 15 is 0 Å². The molecular weight excluding hydrogens is 266 g/mol. The van der Waals surface area contributed by atoms with Gasteiger partial charge in [0.15, 0.2) is 0 Å². The van der Waals surface area contributed by atoms with E-state index in [1.807, 2.05) is 0 Å². The van der Waals surface area contributed by atoms with Crippen LogP contribution in [0, 0.1) is 0 Å². The predicted molar refractivity (Wildman–Crippen MR) is 77.4 cm³/mol. The van der Waals surface area contributed by atoms with E-state index in [0.29, 0.717) is 10.7 Å². The van der Waals surface area contributed by atoms with Crippen molar-refractivity contribution in [3.05, 3.63) is 34.9 Å². The number of rotatable bonds is 3. The van der Waals surface area contributed by atoms with Crippen LogP contribution in [0.3, 0.4) is 0 Å². The molecule has 1 amide bonds. The number of ether oxygens (including phenoxy) is 1. The normalized spacial score (nSPS) is 11.6. The third-order valence-corrected chi connectivity index (χ3v) is 2.38. The van der Waals surface area contributed by atoms with E-state index in [1.54, 1.807) is 51.1 Å². The maximum Gasteiger partial charge on any atom is 0.412 e. The van der Waals surface area contributed by atoms with Gasteiger partial charge in [0.25, 0.3) is 0 Å². The zero-order valence-electron chi connectivity index (χ0n) is 11.2. The second kappa shape index (κ2) is 6.59. The highest BCUT2D eigenvalue weighted by atomic mass is 35.5. The van der Waals surface area contributed by atoms with Crippen molar-refractivity contribution >= 4 is 29.5 Å². The molecule has 0 spiro atoms. The van der Waals surface area contributed by atoms with Crippen molar-refractivity contribution in [1.82, 2.24) is 0 Å². The minimum absolute atomic E-state index is 0.0474. The molecule has 0 fully saturated rings. The maximum atomic E-state index is 11.6. The number of amides is 1. The van der Waals surface area contributed by atoms with Gasteiger partial charge in [-0.3, -0.25) is 5.32 Å². The quantitative estimate of drug-likeness (QED) is 0.889. The SMILES string of the molecule is CC(C)(C)OC(=O)Nc1ccc(/C=C/CO)c(Cl)c1. The fourth-order valence-corrected chi connectivity index (χ4v) is 1.58. The first-order valence-corrected chi connectivity index (χ1v) is 6.26. The zero-order valence-corrected chi connectivity index (χ0v) is 12.0. The number of hydrogen-bond acceptors (Lipinski definition) is 3. The molecule has 0 atom stereocenters. The first kappa shape index (κ1) is 15.5. The Bertz CT molecular complexity index is 478. The van der Waals surface area contributed by atoms with Crippen LogP contribution < -0.4 is 5.32 Å². The standard InChI is InChI=1S/C14H18ClNO3/c1-14(2,3)19-13(18)16-11-7-6-10(5-4-8-17)12(15)9-11/h4-7,9,17H,8H2,1-3H3,(H,16,18)/b5-4+. The Morgan fingerprint density at radius 3 is 2.68 bits per heavy atom. The second-order valence-electron chi connectivity index (χ2n) is 4.95. The largest absolute Gasteiger partial charge is 0.444 e. The van der Waals surface area contributed by atoms with Gasteiger partial charge in [0, 0.05) is 10.7 Å². The third kappa shape index (κ3) is 5.77. The number of aliphatic hydroxyl groups is 1. The van der Waals surface area contributed by atoms with Crippen LogP contribution in [0.4, 0.5) is 10.5 Å². The lowest BCUT2D eigenvalue weighted by Crippen LogP contribution is -2.27. The summed E-state index contributed by atoms with van der Waals surface area (Å²) < 4.78 is 5.14. The van der Waals surface area contributed by atoms with Crippen molar-refractivity contribution in [2.45, 2.75) is 26.4 Å². The van der Waals surface area contributed by atoms with E-state index in [2.05, 4.69) is 5.32 Å². The van der Waals surface area contributed by atoms with E-state index in [0.717, 1.165) is 5.56 Å². The van der Waals surface area contributed by atoms with Crippen LogP contribution in [-0.2, 0) is 4.74 Å². The van der Waals surface area contributed by atoms with Crippen molar-refractivity contribution in [2.24, 2.45) is 0 Å². The number of hydrogen-bond donors (Lipinski definition) is 2. The molecule has 4 nitrogen and oxygen atoms in total. The van der Waals surface area contributed by atoms with Gasteiger partial charge in [-0.2, -0.15) is 0 Å². The smallest absolute Gasteiger partial charge is 0.412 e. The van der Waals surface area contributed by atoms with Crippen molar-refractivity contribution in [3.63, 3.8) is 0 Å². The number of halogens is 1. The summed E-state index contributed by atoms with van der Waals surface area (Å²) in [6.45, 7) is 5.33. The molecule has 0 unspecified atom stereocenters. The fourth-order valence-electron chi connectivity index (χ4n) is 1.34. The molecule has 1 aromatic rings. The van der Waals surface area contributed by atoms with E-state index in [1.165, 1.54) is 0 Å². The van der Waals surface area contributed by atoms with Gasteiger partial charge in [-0.25, -0.2) is 4.79 Å². The van der Waals surface area contributed by atoms with Gasteiger partial charge in [-0.1, -0.05) is 29.8 Å². The number of carbonyl (C=O) groups is 1. The molecule has 0 aromatic heterocycles. The van der Waals surface area contributed by atoms with Crippen LogP contribution in [0.15, 0.2) is 24.3 Å². The van der Waals surface area contributed by atoms with Gasteiger partial charge in [0.1, 0.15) is 5.60 Å². The lowest BCUT2D eigenvalue weighted by atomic mass is 10.2. The Labute approximate surface area is 118 Å². The Morgan fingerprint density at radius 2 is 2.16 bits per heavy atom. The van der Waals surface area contributed by atoms with Crippen LogP contribution in [0.1, 0.15) is 26.3 Å². The van der Waals surface area contributed by atoms with Crippen LogP contribution in [0.5, 0.6) is 0 Å². The molecule has 0 saturated carbocycles. The maximum absolute atomic E-state index is 11.6. The Hall–Kier alpha value is -1.52. The molecule has 5 heteroatoms. The summed E-state index contributed by atoms with van der Waals surface area (Å²) in [4.78, 5) is 11.6. The predicted octanol–water partition coefficient (Wildman–Crippen LogP) is 3.69. The number of aliphatic hydroxyl groups excluding tert-OH is 1. The minimum atomic E-state index is -0.544. The van der Waals surface area contributed by atoms with Gasteiger partial charge in [-0.05, 0) is 38.5 Å². The van der Waals surface area contributed by atoms with E-state index < -0.39 is 11.7 Å². The highest BCUT2D eigenvalue weighted by Crippen LogP contribution is 2.22. The summed E-state index contributed by atoms with van der Waals surface area (Å²) in [6.07, 6.45) is 2.77. The van der Waals surface area contributed by atoms with Gasteiger partial charge < -0.3 is 9.84 Å². The summed E-state index contributed by atoms with van der Waals surface area (Å²) in [7, 11) is 0. The van der Waals surface area contributed by atoms with Gasteiger partial charge in [0.2, 0.25) is 0 Å². The summed E-state index contributed by atoms with van der Waals surface area (Å²) >= 11 is 6.06. The number of nitrogens with one attached hydrogen (secondary N) is 1. The Kier molecular flexibility index (Phi) is 5.39. The highest BCUT2D eigenvalue weighted by molar-refractivity contribution is 6.32. The summed E-state index contributed by atoms with van der Waals surface area (Å²) in [5, 5.41) is 11.8. The summed E-state index contributed by atoms with van der Waals surface area (Å²) in [5.41, 5.74) is 0.781. The first-order chi connectivity index (χ1) is 8.81. The number of carbonyl (C=O) groups excluding carboxylic acids is 1. The molecule has 1 aromatic carbocycles. The first-order valence-electron chi connectivity index (χ1n) is 5.89. The molecule has 1 rings (SSSR count). The molecule has 0 aliphatic heterocycles. The minimum Gasteiger partial charge on any atom is -0.444 e. The second-order valence-corrected chi connectivity index (χ2v) is 5.36. The molecule has 0 saturated heterocycles. The Balaban J connectivity index is 2.73. The molecule has 0 aliphatic carbocycles. The third-order valence-electron chi connectivity index (χ3n) is 2.05. The lowest BCUT2D eigenvalue weighted by Gasteiger charge is -2.19. The number of benzene rings is 1. The van der Waals surface area contributed by atoms with Crippen LogP contribution in [-0.4, -0.2) is 23.4 Å². The van der Waals surface area contributed by atoms with Gasteiger partial charge >= 0.3 is 6.09 Å². The molecular formula is C14H18ClNO3. The molecule has 2 N–H and O–H groups in total. The molecule has 0 aliphatic rings. The molecule has 0 bridgehead atoms. The van der Waals surface area contributed by atoms with Gasteiger partial charge in [-0.15, -0.1) is 0 Å². The fraction of sp³-hybridized carbons (Fsp3) is 0.357. The monoisotopic (exact) mass is 283 g/mol. The molecule has 0 radical (unpaired) electrons. The summed E-state index contributed by atoms with van der Waals surface area (Å²) in [5.74, 6) is 0. The van der Waals surface area contributed by atoms with Crippen LogP contribution >= 0.6 is 11.6 Å². The van der Waals surface area contributed by atoms with Crippen molar-refractivity contribution in [3.8, 4) is 0 Å². The molecule has 19 heavy (non-hydrogen) atoms. The average Bonchev–Trinajstić information content (AvgIpc) is 2.25. The molecule has 104 valence electrons. The number of anilines is 1. The van der Waals surface area contributed by atoms with E-state index in [4.69, 9.17) is 21.4 Å². The Morgan fingerprint density at radius 1 is 1.47 bits per heavy atom. The van der Waals surface area contributed by atoms with Crippen LogP contribution in [0.2, 0.25) is 5.02 Å². The van der Waals surface area contributed by atoms with Crippen molar-refractivity contribution < 1.29 is 14.6 Å². The zero-order chi connectivity index (χ0) is 14.5. The average molecular weight is 284 g/mol.